The SMILES string of the molecule is CC(C)OP(=S)(OC(C)C)SC/C(=C\CCO)Cc1ccccc1. The minimum absolute atomic E-state index is 0.0427. The van der Waals surface area contributed by atoms with Crippen LogP contribution in [-0.4, -0.2) is 29.7 Å². The van der Waals surface area contributed by atoms with E-state index in [-0.39, 0.29) is 18.8 Å². The summed E-state index contributed by atoms with van der Waals surface area (Å²) in [6.07, 6.45) is 3.70. The first kappa shape index (κ1) is 21.9. The molecule has 0 heterocycles. The zero-order valence-electron chi connectivity index (χ0n) is 15.0. The van der Waals surface area contributed by atoms with Crippen molar-refractivity contribution in [2.75, 3.05) is 12.4 Å². The maximum atomic E-state index is 9.13. The smallest absolute Gasteiger partial charge is 0.248 e. The van der Waals surface area contributed by atoms with E-state index in [1.165, 1.54) is 11.1 Å². The van der Waals surface area contributed by atoms with Crippen molar-refractivity contribution in [2.24, 2.45) is 0 Å². The van der Waals surface area contributed by atoms with Crippen molar-refractivity contribution in [1.29, 1.82) is 0 Å². The molecule has 0 aliphatic heterocycles. The van der Waals surface area contributed by atoms with Crippen molar-refractivity contribution in [3.05, 3.63) is 47.5 Å². The molecule has 136 valence electrons. The highest BCUT2D eigenvalue weighted by molar-refractivity contribution is 8.68. The van der Waals surface area contributed by atoms with Gasteiger partial charge in [0.05, 0.1) is 12.2 Å². The van der Waals surface area contributed by atoms with Crippen molar-refractivity contribution in [3.63, 3.8) is 0 Å². The van der Waals surface area contributed by atoms with Gasteiger partial charge in [0.1, 0.15) is 0 Å². The van der Waals surface area contributed by atoms with Crippen molar-refractivity contribution >= 4 is 28.9 Å². The summed E-state index contributed by atoms with van der Waals surface area (Å²) in [6, 6.07) is 10.3. The van der Waals surface area contributed by atoms with E-state index in [2.05, 4.69) is 18.2 Å². The van der Waals surface area contributed by atoms with Gasteiger partial charge in [-0.2, -0.15) is 0 Å². The van der Waals surface area contributed by atoms with Gasteiger partial charge in [-0.3, -0.25) is 0 Å². The van der Waals surface area contributed by atoms with E-state index in [0.29, 0.717) is 6.42 Å². The van der Waals surface area contributed by atoms with Crippen LogP contribution < -0.4 is 0 Å². The van der Waals surface area contributed by atoms with Gasteiger partial charge in [-0.25, -0.2) is 0 Å². The van der Waals surface area contributed by atoms with Crippen LogP contribution in [0.2, 0.25) is 0 Å². The Kier molecular flexibility index (Phi) is 10.4. The summed E-state index contributed by atoms with van der Waals surface area (Å²) < 4.78 is 11.9. The van der Waals surface area contributed by atoms with E-state index < -0.39 is 5.69 Å². The van der Waals surface area contributed by atoms with Gasteiger partial charge < -0.3 is 14.2 Å². The van der Waals surface area contributed by atoms with Crippen LogP contribution in [0.25, 0.3) is 0 Å². The lowest BCUT2D eigenvalue weighted by Gasteiger charge is -2.26. The van der Waals surface area contributed by atoms with E-state index in [1.54, 1.807) is 11.4 Å². The lowest BCUT2D eigenvalue weighted by atomic mass is 10.1. The quantitative estimate of drug-likeness (QED) is 0.409. The average Bonchev–Trinajstić information content (AvgIpc) is 2.49. The molecule has 3 nitrogen and oxygen atoms in total. The Morgan fingerprint density at radius 2 is 1.75 bits per heavy atom. The molecule has 0 bridgehead atoms. The van der Waals surface area contributed by atoms with Gasteiger partial charge in [0.25, 0.3) is 0 Å². The highest BCUT2D eigenvalue weighted by Crippen LogP contribution is 2.63. The van der Waals surface area contributed by atoms with E-state index in [9.17, 15) is 0 Å². The molecule has 0 aliphatic rings. The summed E-state index contributed by atoms with van der Waals surface area (Å²) in [5, 5.41) is 9.13. The highest BCUT2D eigenvalue weighted by Gasteiger charge is 2.23. The fourth-order valence-electron chi connectivity index (χ4n) is 2.07. The zero-order chi connectivity index (χ0) is 18.0. The van der Waals surface area contributed by atoms with Gasteiger partial charge in [0, 0.05) is 12.4 Å². The van der Waals surface area contributed by atoms with Gasteiger partial charge >= 0.3 is 0 Å². The summed E-state index contributed by atoms with van der Waals surface area (Å²) in [7, 11) is 0. The molecule has 6 heteroatoms. The molecule has 0 saturated heterocycles. The Labute approximate surface area is 155 Å². The average molecular weight is 389 g/mol. The molecule has 0 amide bonds. The van der Waals surface area contributed by atoms with Crippen molar-refractivity contribution in [2.45, 2.75) is 52.7 Å². The maximum absolute atomic E-state index is 9.13. The molecule has 0 fully saturated rings. The van der Waals surface area contributed by atoms with Gasteiger partial charge in [-0.1, -0.05) is 53.4 Å². The third kappa shape index (κ3) is 9.36. The minimum Gasteiger partial charge on any atom is -0.396 e. The summed E-state index contributed by atoms with van der Waals surface area (Å²) in [4.78, 5) is 0. The number of benzene rings is 1. The first-order valence-corrected chi connectivity index (χ1v) is 12.5. The third-order valence-electron chi connectivity index (χ3n) is 2.92. The van der Waals surface area contributed by atoms with Crippen LogP contribution in [0.3, 0.4) is 0 Å². The van der Waals surface area contributed by atoms with Crippen molar-refractivity contribution < 1.29 is 14.2 Å². The zero-order valence-corrected chi connectivity index (χ0v) is 17.5. The van der Waals surface area contributed by atoms with Crippen LogP contribution >= 0.6 is 17.1 Å². The molecule has 1 rings (SSSR count). The van der Waals surface area contributed by atoms with Gasteiger partial charge in [-0.15, -0.1) is 0 Å². The molecule has 0 radical (unpaired) electrons. The Balaban J connectivity index is 2.78. The summed E-state index contributed by atoms with van der Waals surface area (Å²) in [6.45, 7) is 8.09. The summed E-state index contributed by atoms with van der Waals surface area (Å²) in [5.74, 6) is 0.756. The number of hydrogen-bond donors (Lipinski definition) is 1. The third-order valence-corrected chi connectivity index (χ3v) is 8.42. The molecule has 1 aromatic carbocycles. The van der Waals surface area contributed by atoms with E-state index in [0.717, 1.165) is 12.2 Å². The van der Waals surface area contributed by atoms with Crippen LogP contribution in [0.4, 0.5) is 0 Å². The largest absolute Gasteiger partial charge is 0.396 e. The fraction of sp³-hybridized carbons (Fsp3) is 0.556. The second-order valence-electron chi connectivity index (χ2n) is 6.07. The number of aliphatic hydroxyl groups excluding tert-OH is 1. The molecule has 0 spiro atoms. The molecule has 0 atom stereocenters. The van der Waals surface area contributed by atoms with Crippen LogP contribution in [0.15, 0.2) is 42.0 Å². The molecular formula is C18H29O3PS2. The molecule has 1 N–H and O–H groups in total. The predicted octanol–water partition coefficient (Wildman–Crippen LogP) is 5.35. The van der Waals surface area contributed by atoms with Gasteiger partial charge in [0.2, 0.25) is 5.69 Å². The predicted molar refractivity (Wildman–Crippen MR) is 109 cm³/mol. The highest BCUT2D eigenvalue weighted by atomic mass is 32.9. The van der Waals surface area contributed by atoms with Crippen LogP contribution in [0.1, 0.15) is 39.7 Å². The summed E-state index contributed by atoms with van der Waals surface area (Å²) >= 11 is 7.29. The number of hydrogen-bond acceptors (Lipinski definition) is 5. The number of aliphatic hydroxyl groups is 1. The monoisotopic (exact) mass is 388 g/mol. The molecule has 1 aromatic rings. The van der Waals surface area contributed by atoms with Crippen LogP contribution in [-0.2, 0) is 27.3 Å². The topological polar surface area (TPSA) is 38.7 Å². The van der Waals surface area contributed by atoms with E-state index in [1.807, 2.05) is 45.9 Å². The molecule has 0 aliphatic carbocycles. The molecule has 0 saturated carbocycles. The summed E-state index contributed by atoms with van der Waals surface area (Å²) in [5.41, 5.74) is 0.124. The minimum atomic E-state index is -2.38. The van der Waals surface area contributed by atoms with Crippen LogP contribution in [0, 0.1) is 0 Å². The molecule has 0 unspecified atom stereocenters. The normalized spacial score (nSPS) is 13.0. The van der Waals surface area contributed by atoms with Gasteiger partial charge in [0.15, 0.2) is 0 Å². The van der Waals surface area contributed by atoms with Gasteiger partial charge in [-0.05, 0) is 57.9 Å². The van der Waals surface area contributed by atoms with Crippen molar-refractivity contribution in [1.82, 2.24) is 0 Å². The lowest BCUT2D eigenvalue weighted by molar-refractivity contribution is 0.186. The Hall–Kier alpha value is -0.160. The first-order chi connectivity index (χ1) is 11.3. The van der Waals surface area contributed by atoms with E-state index >= 15 is 0 Å². The second-order valence-corrected chi connectivity index (χ2v) is 12.3. The maximum Gasteiger partial charge on any atom is 0.248 e. The Bertz CT molecular complexity index is 530. The molecule has 24 heavy (non-hydrogen) atoms. The second kappa shape index (κ2) is 11.5. The van der Waals surface area contributed by atoms with Crippen LogP contribution in [0.5, 0.6) is 0 Å². The first-order valence-electron chi connectivity index (χ1n) is 8.28. The Morgan fingerprint density at radius 3 is 2.25 bits per heavy atom. The lowest BCUT2D eigenvalue weighted by Crippen LogP contribution is -2.07. The fourth-order valence-corrected chi connectivity index (χ4v) is 7.70. The number of rotatable bonds is 11. The van der Waals surface area contributed by atoms with Crippen molar-refractivity contribution in [3.8, 4) is 0 Å². The van der Waals surface area contributed by atoms with E-state index in [4.69, 9.17) is 26.0 Å². The Morgan fingerprint density at radius 1 is 1.17 bits per heavy atom. The molecular weight excluding hydrogens is 359 g/mol. The standard InChI is InChI=1S/C18H29O3PS2/c1-15(2)20-22(23,21-16(3)4)24-14-18(11-8-12-19)13-17-9-6-5-7-10-17/h5-7,9-11,15-16,19H,8,12-14H2,1-4H3/b18-11-. The molecule has 0 aromatic heterocycles.